The fourth-order valence-corrected chi connectivity index (χ4v) is 5.34. The van der Waals surface area contributed by atoms with Crippen molar-refractivity contribution in [1.82, 2.24) is 0 Å². The van der Waals surface area contributed by atoms with E-state index in [2.05, 4.69) is 16.0 Å². The van der Waals surface area contributed by atoms with Crippen LogP contribution in [0.25, 0.3) is 0 Å². The van der Waals surface area contributed by atoms with Gasteiger partial charge in [0.1, 0.15) is 12.7 Å². The second-order valence-electron chi connectivity index (χ2n) is 10.9. The Labute approximate surface area is 239 Å². The first kappa shape index (κ1) is 38.5. The molecule has 0 amide bonds. The summed E-state index contributed by atoms with van der Waals surface area (Å²) in [6, 6.07) is 0. The van der Waals surface area contributed by atoms with Crippen molar-refractivity contribution in [2.45, 2.75) is 161 Å². The number of phosphoric ester groups is 1. The van der Waals surface area contributed by atoms with E-state index in [9.17, 15) is 19.4 Å². The van der Waals surface area contributed by atoms with Crippen molar-refractivity contribution in [2.24, 2.45) is 5.73 Å². The fourth-order valence-electron chi connectivity index (χ4n) is 4.57. The summed E-state index contributed by atoms with van der Waals surface area (Å²) in [5.41, 5.74) is 5.19. The molecular formula is C30H62NO7P. The molecule has 4 N–H and O–H groups in total. The maximum Gasteiger partial charge on any atom is 0.472 e. The van der Waals surface area contributed by atoms with Crippen molar-refractivity contribution in [3.05, 3.63) is 0 Å². The first-order valence-electron chi connectivity index (χ1n) is 16.1. The molecule has 0 saturated carbocycles. The maximum absolute atomic E-state index is 11.8. The molecule has 2 unspecified atom stereocenters. The van der Waals surface area contributed by atoms with Gasteiger partial charge in [-0.15, -0.1) is 0 Å². The summed E-state index contributed by atoms with van der Waals surface area (Å²) in [7, 11) is -4.24. The van der Waals surface area contributed by atoms with Gasteiger partial charge in [0.05, 0.1) is 13.2 Å². The average molecular weight is 580 g/mol. The second-order valence-corrected chi connectivity index (χ2v) is 12.4. The number of carbonyl (C=O) groups excluding carboxylic acids is 1. The standard InChI is InChI=1S/C30H62NO7P/c1-2-3-4-5-6-7-8-9-10-11-12-13-14-15-16-17-18-19-20-21-22-23-24-30(33)36-27-29(32)28-38-39(34,35)37-26-25-31/h29,32H,2-28,31H2,1H3,(H,34,35). The fraction of sp³-hybridized carbons (Fsp3) is 0.967. The van der Waals surface area contributed by atoms with E-state index in [1.165, 1.54) is 122 Å². The van der Waals surface area contributed by atoms with Crippen molar-refractivity contribution >= 4 is 13.8 Å². The summed E-state index contributed by atoms with van der Waals surface area (Å²) in [6.45, 7) is 1.48. The summed E-state index contributed by atoms with van der Waals surface area (Å²) in [5, 5.41) is 9.72. The van der Waals surface area contributed by atoms with Crippen LogP contribution in [0.1, 0.15) is 155 Å². The van der Waals surface area contributed by atoms with Gasteiger partial charge in [-0.2, -0.15) is 0 Å². The highest BCUT2D eigenvalue weighted by Gasteiger charge is 2.22. The normalized spacial score (nSPS) is 13.8. The summed E-state index contributed by atoms with van der Waals surface area (Å²) in [6.07, 6.45) is 28.3. The van der Waals surface area contributed by atoms with Crippen LogP contribution in [0.3, 0.4) is 0 Å². The van der Waals surface area contributed by atoms with E-state index < -0.39 is 20.5 Å². The van der Waals surface area contributed by atoms with Crippen molar-refractivity contribution in [1.29, 1.82) is 0 Å². The summed E-state index contributed by atoms with van der Waals surface area (Å²) >= 11 is 0. The SMILES string of the molecule is CCCCCCCCCCCCCCCCCCCCCCCCC(=O)OCC(O)COP(=O)(O)OCCN. The first-order valence-corrected chi connectivity index (χ1v) is 17.6. The van der Waals surface area contributed by atoms with Crippen molar-refractivity contribution in [2.75, 3.05) is 26.4 Å². The largest absolute Gasteiger partial charge is 0.472 e. The Kier molecular flexibility index (Phi) is 28.6. The van der Waals surface area contributed by atoms with E-state index in [-0.39, 0.29) is 25.7 Å². The van der Waals surface area contributed by atoms with Gasteiger partial charge in [-0.05, 0) is 6.42 Å². The minimum Gasteiger partial charge on any atom is -0.463 e. The van der Waals surface area contributed by atoms with Crippen LogP contribution < -0.4 is 5.73 Å². The number of hydrogen-bond donors (Lipinski definition) is 3. The number of ether oxygens (including phenoxy) is 1. The number of hydrogen-bond acceptors (Lipinski definition) is 7. The number of esters is 1. The topological polar surface area (TPSA) is 128 Å². The Hall–Kier alpha value is -0.500. The molecule has 0 aromatic heterocycles. The van der Waals surface area contributed by atoms with Crippen molar-refractivity contribution < 1.29 is 33.1 Å². The lowest BCUT2D eigenvalue weighted by molar-refractivity contribution is -0.147. The van der Waals surface area contributed by atoms with Crippen LogP contribution in [0.5, 0.6) is 0 Å². The number of carbonyl (C=O) groups is 1. The number of aliphatic hydroxyl groups is 1. The summed E-state index contributed by atoms with van der Waals surface area (Å²) in [4.78, 5) is 21.1. The molecule has 0 aliphatic rings. The molecule has 0 radical (unpaired) electrons. The second kappa shape index (κ2) is 29.0. The molecule has 0 saturated heterocycles. The third kappa shape index (κ3) is 30.3. The molecule has 0 rings (SSSR count). The van der Waals surface area contributed by atoms with Gasteiger partial charge >= 0.3 is 13.8 Å². The number of rotatable bonds is 31. The molecule has 0 spiro atoms. The van der Waals surface area contributed by atoms with E-state index in [4.69, 9.17) is 10.5 Å². The zero-order chi connectivity index (χ0) is 28.9. The van der Waals surface area contributed by atoms with Crippen LogP contribution in [0.15, 0.2) is 0 Å². The highest BCUT2D eigenvalue weighted by molar-refractivity contribution is 7.47. The minimum absolute atomic E-state index is 0.0770. The number of unbranched alkanes of at least 4 members (excludes halogenated alkanes) is 21. The molecular weight excluding hydrogens is 517 g/mol. The molecule has 39 heavy (non-hydrogen) atoms. The number of nitrogens with two attached hydrogens (primary N) is 1. The van der Waals surface area contributed by atoms with E-state index in [0.717, 1.165) is 19.3 Å². The zero-order valence-electron chi connectivity index (χ0n) is 25.1. The van der Waals surface area contributed by atoms with Gasteiger partial charge in [0.2, 0.25) is 0 Å². The highest BCUT2D eigenvalue weighted by Crippen LogP contribution is 2.42. The zero-order valence-corrected chi connectivity index (χ0v) is 26.0. The van der Waals surface area contributed by atoms with Crippen LogP contribution >= 0.6 is 7.82 Å². The van der Waals surface area contributed by atoms with Crippen molar-refractivity contribution in [3.63, 3.8) is 0 Å². The van der Waals surface area contributed by atoms with Gasteiger partial charge in [0.25, 0.3) is 0 Å². The van der Waals surface area contributed by atoms with E-state index in [0.29, 0.717) is 6.42 Å². The molecule has 0 heterocycles. The Balaban J connectivity index is 3.31. The van der Waals surface area contributed by atoms with Gasteiger partial charge in [-0.25, -0.2) is 4.57 Å². The lowest BCUT2D eigenvalue weighted by Crippen LogP contribution is -2.23. The van der Waals surface area contributed by atoms with Gasteiger partial charge in [0.15, 0.2) is 0 Å². The van der Waals surface area contributed by atoms with Crippen LogP contribution in [0.2, 0.25) is 0 Å². The highest BCUT2D eigenvalue weighted by atomic mass is 31.2. The predicted octanol–water partition coefficient (Wildman–Crippen LogP) is 7.98. The third-order valence-corrected chi connectivity index (χ3v) is 7.96. The van der Waals surface area contributed by atoms with E-state index in [1.54, 1.807) is 0 Å². The number of aliphatic hydroxyl groups excluding tert-OH is 1. The molecule has 2 atom stereocenters. The Bertz CT molecular complexity index is 580. The molecule has 0 aromatic carbocycles. The Morgan fingerprint density at radius 3 is 1.44 bits per heavy atom. The molecule has 8 nitrogen and oxygen atoms in total. The molecule has 9 heteroatoms. The molecule has 0 aliphatic carbocycles. The molecule has 0 fully saturated rings. The number of phosphoric acid groups is 1. The van der Waals surface area contributed by atoms with Crippen LogP contribution in [0.4, 0.5) is 0 Å². The summed E-state index contributed by atoms with van der Waals surface area (Å²) < 4.78 is 25.6. The molecule has 234 valence electrons. The van der Waals surface area contributed by atoms with Crippen LogP contribution in [-0.4, -0.2) is 48.4 Å². The molecule has 0 bridgehead atoms. The molecule has 0 aromatic rings. The lowest BCUT2D eigenvalue weighted by atomic mass is 10.0. The lowest BCUT2D eigenvalue weighted by Gasteiger charge is -2.15. The maximum atomic E-state index is 11.8. The van der Waals surface area contributed by atoms with E-state index in [1.807, 2.05) is 0 Å². The summed E-state index contributed by atoms with van der Waals surface area (Å²) in [5.74, 6) is -0.381. The Morgan fingerprint density at radius 2 is 1.05 bits per heavy atom. The van der Waals surface area contributed by atoms with Gasteiger partial charge in [-0.3, -0.25) is 13.8 Å². The molecule has 0 aliphatic heterocycles. The Morgan fingerprint density at radius 1 is 0.667 bits per heavy atom. The predicted molar refractivity (Wildman–Crippen MR) is 160 cm³/mol. The smallest absolute Gasteiger partial charge is 0.463 e. The van der Waals surface area contributed by atoms with Crippen LogP contribution in [-0.2, 0) is 23.1 Å². The van der Waals surface area contributed by atoms with Crippen LogP contribution in [0, 0.1) is 0 Å². The quantitative estimate of drug-likeness (QED) is 0.0428. The third-order valence-electron chi connectivity index (χ3n) is 6.97. The van der Waals surface area contributed by atoms with Crippen molar-refractivity contribution in [3.8, 4) is 0 Å². The van der Waals surface area contributed by atoms with Gasteiger partial charge in [-0.1, -0.05) is 142 Å². The average Bonchev–Trinajstić information content (AvgIpc) is 2.92. The first-order chi connectivity index (χ1) is 18.9. The van der Waals surface area contributed by atoms with Gasteiger partial charge < -0.3 is 20.5 Å². The monoisotopic (exact) mass is 579 g/mol. The van der Waals surface area contributed by atoms with E-state index >= 15 is 0 Å². The minimum atomic E-state index is -4.24. The van der Waals surface area contributed by atoms with Gasteiger partial charge in [0, 0.05) is 13.0 Å².